The summed E-state index contributed by atoms with van der Waals surface area (Å²) >= 11 is 2.18. The Morgan fingerprint density at radius 3 is 1.90 bits per heavy atom. The Morgan fingerprint density at radius 2 is 1.47 bits per heavy atom. The van der Waals surface area contributed by atoms with Gasteiger partial charge in [0, 0.05) is 11.1 Å². The van der Waals surface area contributed by atoms with Crippen molar-refractivity contribution >= 4 is 34.5 Å². The summed E-state index contributed by atoms with van der Waals surface area (Å²) in [6.07, 6.45) is 0.902. The lowest BCUT2D eigenvalue weighted by molar-refractivity contribution is -0.139. The molecule has 0 saturated carbocycles. The lowest BCUT2D eigenvalue weighted by atomic mass is 9.90. The third kappa shape index (κ3) is 9.31. The van der Waals surface area contributed by atoms with Crippen molar-refractivity contribution in [3.05, 3.63) is 23.8 Å². The van der Waals surface area contributed by atoms with E-state index in [1.807, 2.05) is 48.5 Å². The summed E-state index contributed by atoms with van der Waals surface area (Å²) in [6, 6.07) is 4.89. The van der Waals surface area contributed by atoms with Gasteiger partial charge >= 0.3 is 11.9 Å². The monoisotopic (exact) mass is 533 g/mol. The lowest BCUT2D eigenvalue weighted by Gasteiger charge is -2.28. The fraction of sp³-hybridized carbons (Fsp3) is 0.652. The van der Waals surface area contributed by atoms with Gasteiger partial charge in [-0.25, -0.2) is 0 Å². The molecule has 2 N–H and O–H groups in total. The van der Waals surface area contributed by atoms with Gasteiger partial charge in [-0.3, -0.25) is 9.59 Å². The zero-order valence-corrected chi connectivity index (χ0v) is 21.4. The van der Waals surface area contributed by atoms with Crippen molar-refractivity contribution in [3.63, 3.8) is 0 Å². The molecule has 7 heteroatoms. The van der Waals surface area contributed by atoms with Crippen molar-refractivity contribution in [1.82, 2.24) is 5.32 Å². The largest absolute Gasteiger partial charge is 0.423 e. The van der Waals surface area contributed by atoms with E-state index in [1.165, 1.54) is 0 Å². The second kappa shape index (κ2) is 10.9. The number of rotatable bonds is 9. The molecule has 0 aromatic heterocycles. The Hall–Kier alpha value is -1.19. The van der Waals surface area contributed by atoms with E-state index in [0.29, 0.717) is 23.1 Å². The van der Waals surface area contributed by atoms with Crippen LogP contribution in [0.3, 0.4) is 0 Å². The van der Waals surface area contributed by atoms with Gasteiger partial charge in [0.15, 0.2) is 11.5 Å². The predicted molar refractivity (Wildman–Crippen MR) is 127 cm³/mol. The number of nitrogens with one attached hydrogen (secondary N) is 1. The molecule has 0 spiro atoms. The molecular formula is C23H36INO5. The molecule has 1 aromatic carbocycles. The molecule has 1 unspecified atom stereocenters. The van der Waals surface area contributed by atoms with Gasteiger partial charge in [-0.2, -0.15) is 0 Å². The maximum Gasteiger partial charge on any atom is 0.311 e. The van der Waals surface area contributed by atoms with Crippen LogP contribution >= 0.6 is 22.6 Å². The number of benzene rings is 1. The summed E-state index contributed by atoms with van der Waals surface area (Å²) in [5.74, 6) is -0.500. The van der Waals surface area contributed by atoms with Crippen LogP contribution in [-0.4, -0.2) is 28.1 Å². The van der Waals surface area contributed by atoms with Crippen LogP contribution in [-0.2, 0) is 15.2 Å². The summed E-state index contributed by atoms with van der Waals surface area (Å²) in [4.78, 5) is 24.8. The van der Waals surface area contributed by atoms with Gasteiger partial charge in [0.1, 0.15) is 5.60 Å². The number of esters is 2. The van der Waals surface area contributed by atoms with Gasteiger partial charge in [-0.15, -0.1) is 0 Å². The first kappa shape index (κ1) is 26.8. The van der Waals surface area contributed by atoms with E-state index in [2.05, 4.69) is 27.9 Å². The molecule has 0 aliphatic heterocycles. The van der Waals surface area contributed by atoms with E-state index in [0.717, 1.165) is 0 Å². The highest BCUT2D eigenvalue weighted by atomic mass is 127. The van der Waals surface area contributed by atoms with Gasteiger partial charge in [0.25, 0.3) is 0 Å². The normalized spacial score (nSPS) is 14.2. The van der Waals surface area contributed by atoms with Crippen molar-refractivity contribution in [3.8, 4) is 11.5 Å². The SMILES string of the molecule is CCC(O)(CNCI)c1ccc(OC(=O)CC(C)(C)C)c(OC(=O)CC(C)(C)C)c1. The second-order valence-corrected chi connectivity index (χ2v) is 10.8. The fourth-order valence-electron chi connectivity index (χ4n) is 2.83. The molecule has 30 heavy (non-hydrogen) atoms. The standard InChI is InChI=1S/C23H36INO5/c1-8-23(28,14-25-15-24)16-9-10-17(29-19(26)12-21(2,3)4)18(11-16)30-20(27)13-22(5,6)7/h9-11,25,28H,8,12-15H2,1-7H3. The topological polar surface area (TPSA) is 84.9 Å². The summed E-state index contributed by atoms with van der Waals surface area (Å²) in [5.41, 5.74) is -1.01. The molecule has 6 nitrogen and oxygen atoms in total. The smallest absolute Gasteiger partial charge is 0.311 e. The molecule has 0 saturated heterocycles. The molecule has 0 amide bonds. The third-order valence-electron chi connectivity index (χ3n) is 4.37. The van der Waals surface area contributed by atoms with E-state index in [1.54, 1.807) is 18.2 Å². The van der Waals surface area contributed by atoms with Crippen molar-refractivity contribution in [2.75, 3.05) is 11.1 Å². The van der Waals surface area contributed by atoms with E-state index in [-0.39, 0.29) is 35.2 Å². The maximum absolute atomic E-state index is 12.5. The molecule has 0 bridgehead atoms. The number of hydrogen-bond acceptors (Lipinski definition) is 6. The molecular weight excluding hydrogens is 497 g/mol. The van der Waals surface area contributed by atoms with Crippen LogP contribution in [0.4, 0.5) is 0 Å². The van der Waals surface area contributed by atoms with Gasteiger partial charge in [0.2, 0.25) is 0 Å². The number of carbonyl (C=O) groups excluding carboxylic acids is 2. The Balaban J connectivity index is 3.26. The van der Waals surface area contributed by atoms with E-state index in [9.17, 15) is 14.7 Å². The van der Waals surface area contributed by atoms with Crippen LogP contribution in [0.5, 0.6) is 11.5 Å². The van der Waals surface area contributed by atoms with Gasteiger partial charge in [-0.05, 0) is 34.9 Å². The van der Waals surface area contributed by atoms with Crippen molar-refractivity contribution in [2.45, 2.75) is 73.3 Å². The number of ether oxygens (including phenoxy) is 2. The first-order chi connectivity index (χ1) is 13.7. The number of aliphatic hydroxyl groups is 1. The minimum Gasteiger partial charge on any atom is -0.423 e. The summed E-state index contributed by atoms with van der Waals surface area (Å²) in [5, 5.41) is 14.2. The molecule has 0 aliphatic carbocycles. The average Bonchev–Trinajstić information content (AvgIpc) is 2.57. The highest BCUT2D eigenvalue weighted by Gasteiger charge is 2.29. The molecule has 170 valence electrons. The maximum atomic E-state index is 12.5. The zero-order chi connectivity index (χ0) is 23.2. The third-order valence-corrected chi connectivity index (χ3v) is 4.91. The number of carbonyl (C=O) groups is 2. The van der Waals surface area contributed by atoms with Gasteiger partial charge < -0.3 is 19.9 Å². The Morgan fingerprint density at radius 1 is 0.967 bits per heavy atom. The zero-order valence-electron chi connectivity index (χ0n) is 19.2. The molecule has 1 aromatic rings. The predicted octanol–water partition coefficient (Wildman–Crippen LogP) is 4.95. The summed E-state index contributed by atoms with van der Waals surface area (Å²) in [7, 11) is 0. The molecule has 0 aliphatic rings. The molecule has 0 radical (unpaired) electrons. The van der Waals surface area contributed by atoms with Crippen LogP contribution in [0, 0.1) is 10.8 Å². The van der Waals surface area contributed by atoms with Crippen molar-refractivity contribution in [1.29, 1.82) is 0 Å². The molecule has 1 rings (SSSR count). The highest BCUT2D eigenvalue weighted by molar-refractivity contribution is 14.1. The van der Waals surface area contributed by atoms with E-state index < -0.39 is 17.5 Å². The van der Waals surface area contributed by atoms with Gasteiger partial charge in [0.05, 0.1) is 12.8 Å². The van der Waals surface area contributed by atoms with Gasteiger partial charge in [-0.1, -0.05) is 77.1 Å². The minimum absolute atomic E-state index is 0.144. The number of alkyl halides is 1. The van der Waals surface area contributed by atoms with E-state index >= 15 is 0 Å². The summed E-state index contributed by atoms with van der Waals surface area (Å²) in [6.45, 7) is 13.9. The Labute approximate surface area is 194 Å². The molecule has 1 atom stereocenters. The molecule has 0 heterocycles. The minimum atomic E-state index is -1.13. The van der Waals surface area contributed by atoms with Crippen LogP contribution in [0.25, 0.3) is 0 Å². The van der Waals surface area contributed by atoms with Crippen LogP contribution < -0.4 is 14.8 Å². The second-order valence-electron chi connectivity index (χ2n) is 10.0. The molecule has 0 fully saturated rings. The Bertz CT molecular complexity index is 736. The van der Waals surface area contributed by atoms with Crippen LogP contribution in [0.1, 0.15) is 73.3 Å². The quantitative estimate of drug-likeness (QED) is 0.154. The number of hydrogen-bond donors (Lipinski definition) is 2. The van der Waals surface area contributed by atoms with E-state index in [4.69, 9.17) is 9.47 Å². The number of halogens is 1. The van der Waals surface area contributed by atoms with Crippen molar-refractivity contribution in [2.24, 2.45) is 10.8 Å². The Kier molecular flexibility index (Phi) is 9.76. The fourth-order valence-corrected chi connectivity index (χ4v) is 3.10. The average molecular weight is 533 g/mol. The summed E-state index contributed by atoms with van der Waals surface area (Å²) < 4.78 is 11.8. The van der Waals surface area contributed by atoms with Crippen LogP contribution in [0.2, 0.25) is 0 Å². The highest BCUT2D eigenvalue weighted by Crippen LogP contribution is 2.35. The lowest BCUT2D eigenvalue weighted by Crippen LogP contribution is -2.37. The first-order valence-corrected chi connectivity index (χ1v) is 11.8. The van der Waals surface area contributed by atoms with Crippen molar-refractivity contribution < 1.29 is 24.2 Å². The van der Waals surface area contributed by atoms with Crippen LogP contribution in [0.15, 0.2) is 18.2 Å². The first-order valence-electron chi connectivity index (χ1n) is 10.2.